The molecular weight excluding hydrogens is 404 g/mol. The number of carbonyl (C=O) groups is 1. The second kappa shape index (κ2) is 8.57. The van der Waals surface area contributed by atoms with Gasteiger partial charge in [0.2, 0.25) is 15.9 Å². The van der Waals surface area contributed by atoms with E-state index in [2.05, 4.69) is 17.4 Å². The topological polar surface area (TPSA) is 66.5 Å². The lowest BCUT2D eigenvalue weighted by atomic mass is 10.1. The highest BCUT2D eigenvalue weighted by Crippen LogP contribution is 2.27. The van der Waals surface area contributed by atoms with Gasteiger partial charge in [0.25, 0.3) is 0 Å². The standard InChI is InChI=1S/C22H24N2O3S2/c1-15-11-20(29(26,27)24(3)4)13-21(16(15)2)23-22(25)14-28-19-10-9-17-7-5-6-8-18(17)12-19/h5-13H,14H2,1-4H3,(H,23,25). The predicted octanol–water partition coefficient (Wildman–Crippen LogP) is 4.44. The van der Waals surface area contributed by atoms with Gasteiger partial charge in [0.1, 0.15) is 0 Å². The third kappa shape index (κ3) is 4.80. The molecule has 1 amide bonds. The van der Waals surface area contributed by atoms with E-state index in [0.717, 1.165) is 31.1 Å². The number of hydrogen-bond acceptors (Lipinski definition) is 4. The fourth-order valence-corrected chi connectivity index (χ4v) is 4.67. The van der Waals surface area contributed by atoms with E-state index in [9.17, 15) is 13.2 Å². The van der Waals surface area contributed by atoms with Crippen molar-refractivity contribution >= 4 is 44.2 Å². The number of anilines is 1. The highest BCUT2D eigenvalue weighted by Gasteiger charge is 2.20. The maximum atomic E-state index is 12.5. The Kier molecular flexibility index (Phi) is 6.31. The highest BCUT2D eigenvalue weighted by atomic mass is 32.2. The van der Waals surface area contributed by atoms with Crippen LogP contribution in [0.25, 0.3) is 10.8 Å². The second-order valence-electron chi connectivity index (χ2n) is 7.05. The molecular formula is C22H24N2O3S2. The zero-order chi connectivity index (χ0) is 21.2. The van der Waals surface area contributed by atoms with Crippen LogP contribution >= 0.6 is 11.8 Å². The lowest BCUT2D eigenvalue weighted by Gasteiger charge is -2.16. The minimum Gasteiger partial charge on any atom is -0.325 e. The molecule has 7 heteroatoms. The Morgan fingerprint density at radius 3 is 2.38 bits per heavy atom. The molecule has 3 rings (SSSR count). The summed E-state index contributed by atoms with van der Waals surface area (Å²) in [6.45, 7) is 3.71. The van der Waals surface area contributed by atoms with E-state index >= 15 is 0 Å². The monoisotopic (exact) mass is 428 g/mol. The summed E-state index contributed by atoms with van der Waals surface area (Å²) < 4.78 is 26.1. The minimum absolute atomic E-state index is 0.170. The summed E-state index contributed by atoms with van der Waals surface area (Å²) >= 11 is 1.45. The van der Waals surface area contributed by atoms with Crippen molar-refractivity contribution in [1.29, 1.82) is 0 Å². The summed E-state index contributed by atoms with van der Waals surface area (Å²) in [5.74, 6) is 0.0617. The number of aryl methyl sites for hydroxylation is 1. The van der Waals surface area contributed by atoms with Crippen molar-refractivity contribution in [3.05, 3.63) is 65.7 Å². The Morgan fingerprint density at radius 2 is 1.69 bits per heavy atom. The second-order valence-corrected chi connectivity index (χ2v) is 10.2. The molecule has 0 radical (unpaired) electrons. The van der Waals surface area contributed by atoms with Crippen molar-refractivity contribution < 1.29 is 13.2 Å². The van der Waals surface area contributed by atoms with Gasteiger partial charge in [-0.05, 0) is 60.0 Å². The van der Waals surface area contributed by atoms with E-state index in [1.54, 1.807) is 6.07 Å². The fraction of sp³-hybridized carbons (Fsp3) is 0.227. The first-order chi connectivity index (χ1) is 13.7. The van der Waals surface area contributed by atoms with Gasteiger partial charge >= 0.3 is 0 Å². The Balaban J connectivity index is 1.75. The summed E-state index contributed by atoms with van der Waals surface area (Å²) in [5, 5.41) is 5.16. The van der Waals surface area contributed by atoms with E-state index in [4.69, 9.17) is 0 Å². The van der Waals surface area contributed by atoms with Gasteiger partial charge in [-0.25, -0.2) is 12.7 Å². The molecule has 0 aliphatic heterocycles. The van der Waals surface area contributed by atoms with Gasteiger partial charge in [-0.1, -0.05) is 30.3 Å². The number of fused-ring (bicyclic) bond motifs is 1. The van der Waals surface area contributed by atoms with Gasteiger partial charge < -0.3 is 5.32 Å². The summed E-state index contributed by atoms with van der Waals surface area (Å²) in [6, 6.07) is 17.3. The molecule has 0 unspecified atom stereocenters. The van der Waals surface area contributed by atoms with Crippen LogP contribution in [0.3, 0.4) is 0 Å². The number of rotatable bonds is 6. The normalized spacial score (nSPS) is 11.8. The minimum atomic E-state index is -3.57. The van der Waals surface area contributed by atoms with Crippen LogP contribution in [0.15, 0.2) is 64.4 Å². The largest absolute Gasteiger partial charge is 0.325 e. The van der Waals surface area contributed by atoms with Crippen molar-refractivity contribution in [2.24, 2.45) is 0 Å². The molecule has 3 aromatic rings. The van der Waals surface area contributed by atoms with Gasteiger partial charge in [-0.15, -0.1) is 11.8 Å². The third-order valence-electron chi connectivity index (χ3n) is 4.78. The zero-order valence-corrected chi connectivity index (χ0v) is 18.5. The number of nitrogens with one attached hydrogen (secondary N) is 1. The first-order valence-electron chi connectivity index (χ1n) is 9.14. The number of carbonyl (C=O) groups excluding carboxylic acids is 1. The molecule has 29 heavy (non-hydrogen) atoms. The van der Waals surface area contributed by atoms with Crippen molar-refractivity contribution in [2.75, 3.05) is 25.2 Å². The Bertz CT molecular complexity index is 1170. The van der Waals surface area contributed by atoms with Gasteiger partial charge in [-0.3, -0.25) is 4.79 Å². The number of thioether (sulfide) groups is 1. The van der Waals surface area contributed by atoms with Gasteiger partial charge in [0, 0.05) is 24.7 Å². The van der Waals surface area contributed by atoms with Crippen molar-refractivity contribution in [1.82, 2.24) is 4.31 Å². The molecule has 0 atom stereocenters. The van der Waals surface area contributed by atoms with Crippen LogP contribution in [-0.2, 0) is 14.8 Å². The Morgan fingerprint density at radius 1 is 1.00 bits per heavy atom. The average molecular weight is 429 g/mol. The summed E-state index contributed by atoms with van der Waals surface area (Å²) in [5.41, 5.74) is 2.19. The van der Waals surface area contributed by atoms with Crippen LogP contribution in [0.1, 0.15) is 11.1 Å². The van der Waals surface area contributed by atoms with Gasteiger partial charge in [0.05, 0.1) is 10.6 Å². The van der Waals surface area contributed by atoms with Gasteiger partial charge in [0.15, 0.2) is 0 Å². The first-order valence-corrected chi connectivity index (χ1v) is 11.6. The maximum absolute atomic E-state index is 12.5. The Hall–Kier alpha value is -2.35. The fourth-order valence-electron chi connectivity index (χ4n) is 2.91. The van der Waals surface area contributed by atoms with Crippen molar-refractivity contribution in [3.63, 3.8) is 0 Å². The maximum Gasteiger partial charge on any atom is 0.242 e. The molecule has 5 nitrogen and oxygen atoms in total. The number of nitrogens with zero attached hydrogens (tertiary/aromatic N) is 1. The molecule has 0 aliphatic rings. The molecule has 3 aromatic carbocycles. The van der Waals surface area contributed by atoms with Crippen LogP contribution in [-0.4, -0.2) is 38.5 Å². The molecule has 0 spiro atoms. The smallest absolute Gasteiger partial charge is 0.242 e. The molecule has 152 valence electrons. The van der Waals surface area contributed by atoms with E-state index < -0.39 is 10.0 Å². The summed E-state index contributed by atoms with van der Waals surface area (Å²) in [4.78, 5) is 13.7. The molecule has 0 fully saturated rings. The number of amides is 1. The SMILES string of the molecule is Cc1cc(S(=O)(=O)N(C)C)cc(NC(=O)CSc2ccc3ccccc3c2)c1C. The highest BCUT2D eigenvalue weighted by molar-refractivity contribution is 8.00. The third-order valence-corrected chi connectivity index (χ3v) is 7.57. The zero-order valence-electron chi connectivity index (χ0n) is 16.9. The van der Waals surface area contributed by atoms with E-state index in [1.165, 1.54) is 31.9 Å². The molecule has 0 aliphatic carbocycles. The van der Waals surface area contributed by atoms with E-state index in [-0.39, 0.29) is 16.6 Å². The van der Waals surface area contributed by atoms with E-state index in [1.807, 2.05) is 44.2 Å². The molecule has 0 saturated carbocycles. The molecule has 0 bridgehead atoms. The summed E-state index contributed by atoms with van der Waals surface area (Å²) in [7, 11) is -0.596. The van der Waals surface area contributed by atoms with Gasteiger partial charge in [-0.2, -0.15) is 0 Å². The van der Waals surface area contributed by atoms with Crippen LogP contribution in [0.5, 0.6) is 0 Å². The summed E-state index contributed by atoms with van der Waals surface area (Å²) in [6.07, 6.45) is 0. The number of sulfonamides is 1. The number of benzene rings is 3. The lowest BCUT2D eigenvalue weighted by Crippen LogP contribution is -2.23. The quantitative estimate of drug-likeness (QED) is 0.590. The average Bonchev–Trinajstić information content (AvgIpc) is 2.69. The molecule has 0 heterocycles. The lowest BCUT2D eigenvalue weighted by molar-refractivity contribution is -0.113. The molecule has 0 aromatic heterocycles. The van der Waals surface area contributed by atoms with Crippen LogP contribution < -0.4 is 5.32 Å². The van der Waals surface area contributed by atoms with E-state index in [0.29, 0.717) is 5.69 Å². The predicted molar refractivity (Wildman–Crippen MR) is 120 cm³/mol. The number of hydrogen-bond donors (Lipinski definition) is 1. The van der Waals surface area contributed by atoms with Crippen LogP contribution in [0.2, 0.25) is 0 Å². The Labute approximate surface area is 176 Å². The van der Waals surface area contributed by atoms with Crippen molar-refractivity contribution in [2.45, 2.75) is 23.6 Å². The molecule has 1 N–H and O–H groups in total. The van der Waals surface area contributed by atoms with Crippen molar-refractivity contribution in [3.8, 4) is 0 Å². The molecule has 0 saturated heterocycles. The van der Waals surface area contributed by atoms with Crippen LogP contribution in [0, 0.1) is 13.8 Å². The first kappa shape index (κ1) is 21.4. The van der Waals surface area contributed by atoms with Crippen LogP contribution in [0.4, 0.5) is 5.69 Å².